The van der Waals surface area contributed by atoms with Gasteiger partial charge in [0.1, 0.15) is 0 Å². The molecule has 0 aliphatic rings. The molecular weight excluding hydrogens is 359 g/mol. The molecule has 0 atom stereocenters. The summed E-state index contributed by atoms with van der Waals surface area (Å²) in [4.78, 5) is 0. The molecule has 0 spiro atoms. The first-order valence-corrected chi connectivity index (χ1v) is 8.93. The quantitative estimate of drug-likeness (QED) is 0.398. The van der Waals surface area contributed by atoms with Crippen molar-refractivity contribution >= 4 is 23.2 Å². The fourth-order valence-corrected chi connectivity index (χ4v) is 2.68. The van der Waals surface area contributed by atoms with Crippen LogP contribution >= 0.6 is 23.2 Å². The average Bonchev–Trinajstić information content (AvgIpc) is 2.63. The van der Waals surface area contributed by atoms with Crippen molar-refractivity contribution in [2.24, 2.45) is 0 Å². The Morgan fingerprint density at radius 3 is 1.23 bits per heavy atom. The molecule has 0 N–H and O–H groups in total. The summed E-state index contributed by atoms with van der Waals surface area (Å²) < 4.78 is 0. The largest absolute Gasteiger partial charge is 0.0843 e. The van der Waals surface area contributed by atoms with Crippen molar-refractivity contribution in [1.29, 1.82) is 0 Å². The van der Waals surface area contributed by atoms with Gasteiger partial charge in [0.2, 0.25) is 0 Å². The maximum Gasteiger partial charge on any atom is 0.0406 e. The molecular formula is C24H16Cl2. The van der Waals surface area contributed by atoms with Gasteiger partial charge in [-0.25, -0.2) is 0 Å². The van der Waals surface area contributed by atoms with Gasteiger partial charge in [0, 0.05) is 32.3 Å². The number of rotatable bonds is 0. The fourth-order valence-electron chi connectivity index (χ4n) is 2.43. The van der Waals surface area contributed by atoms with Crippen LogP contribution in [0.3, 0.4) is 0 Å². The Labute approximate surface area is 164 Å². The van der Waals surface area contributed by atoms with Gasteiger partial charge in [-0.2, -0.15) is 0 Å². The first-order chi connectivity index (χ1) is 12.5. The standard InChI is InChI=1S/C24H16Cl2/c1-17-15-22(10-4-20-7-13-24(26)14-8-20)18(2)16-21(17)9-3-19-5-11-23(25)12-6-19/h5-8,11-16H,1-2H3. The van der Waals surface area contributed by atoms with E-state index in [9.17, 15) is 0 Å². The van der Waals surface area contributed by atoms with E-state index in [0.717, 1.165) is 33.4 Å². The molecule has 0 fully saturated rings. The third-order valence-electron chi connectivity index (χ3n) is 3.94. The van der Waals surface area contributed by atoms with Crippen molar-refractivity contribution in [2.45, 2.75) is 13.8 Å². The van der Waals surface area contributed by atoms with Crippen molar-refractivity contribution in [3.63, 3.8) is 0 Å². The molecule has 0 nitrogen and oxygen atoms in total. The van der Waals surface area contributed by atoms with Crippen LogP contribution in [-0.4, -0.2) is 0 Å². The van der Waals surface area contributed by atoms with E-state index in [2.05, 4.69) is 49.7 Å². The molecule has 0 aliphatic carbocycles. The summed E-state index contributed by atoms with van der Waals surface area (Å²) >= 11 is 11.8. The third-order valence-corrected chi connectivity index (χ3v) is 4.45. The average molecular weight is 375 g/mol. The second-order valence-corrected chi connectivity index (χ2v) is 6.87. The van der Waals surface area contributed by atoms with Crippen LogP contribution < -0.4 is 0 Å². The normalized spacial score (nSPS) is 9.69. The molecule has 26 heavy (non-hydrogen) atoms. The van der Waals surface area contributed by atoms with Crippen molar-refractivity contribution in [3.8, 4) is 23.7 Å². The summed E-state index contributed by atoms with van der Waals surface area (Å²) in [6, 6.07) is 19.2. The van der Waals surface area contributed by atoms with Crippen LogP contribution in [0.4, 0.5) is 0 Å². The minimum Gasteiger partial charge on any atom is -0.0843 e. The summed E-state index contributed by atoms with van der Waals surface area (Å²) in [6.45, 7) is 4.11. The smallest absolute Gasteiger partial charge is 0.0406 e. The van der Waals surface area contributed by atoms with Crippen LogP contribution in [0.5, 0.6) is 0 Å². The molecule has 126 valence electrons. The molecule has 0 amide bonds. The van der Waals surface area contributed by atoms with Gasteiger partial charge in [0.05, 0.1) is 0 Å². The van der Waals surface area contributed by atoms with E-state index in [1.165, 1.54) is 0 Å². The number of hydrogen-bond acceptors (Lipinski definition) is 0. The zero-order valence-electron chi connectivity index (χ0n) is 14.5. The van der Waals surface area contributed by atoms with E-state index in [1.54, 1.807) is 0 Å². The van der Waals surface area contributed by atoms with Crippen molar-refractivity contribution < 1.29 is 0 Å². The molecule has 0 unspecified atom stereocenters. The molecule has 3 aromatic carbocycles. The van der Waals surface area contributed by atoms with Crippen molar-refractivity contribution in [3.05, 3.63) is 104 Å². The van der Waals surface area contributed by atoms with Gasteiger partial charge >= 0.3 is 0 Å². The minimum atomic E-state index is 0.714. The topological polar surface area (TPSA) is 0 Å². The van der Waals surface area contributed by atoms with Crippen LogP contribution in [0, 0.1) is 37.5 Å². The Morgan fingerprint density at radius 1 is 0.538 bits per heavy atom. The molecule has 2 heteroatoms. The lowest BCUT2D eigenvalue weighted by Gasteiger charge is -2.04. The molecule has 0 aliphatic heterocycles. The van der Waals surface area contributed by atoms with Gasteiger partial charge in [0.25, 0.3) is 0 Å². The highest BCUT2D eigenvalue weighted by molar-refractivity contribution is 6.30. The predicted octanol–water partition coefficient (Wildman–Crippen LogP) is 6.41. The predicted molar refractivity (Wildman–Crippen MR) is 111 cm³/mol. The maximum absolute atomic E-state index is 5.91. The van der Waals surface area contributed by atoms with E-state index >= 15 is 0 Å². The van der Waals surface area contributed by atoms with Crippen molar-refractivity contribution in [2.75, 3.05) is 0 Å². The Kier molecular flexibility index (Phi) is 5.70. The summed E-state index contributed by atoms with van der Waals surface area (Å²) in [5, 5.41) is 1.43. The highest BCUT2D eigenvalue weighted by atomic mass is 35.5. The molecule has 0 bridgehead atoms. The number of aryl methyl sites for hydroxylation is 2. The monoisotopic (exact) mass is 374 g/mol. The Balaban J connectivity index is 1.87. The SMILES string of the molecule is Cc1cc(C#Cc2ccc(Cl)cc2)c(C)cc1C#Cc1ccc(Cl)cc1. The van der Waals surface area contributed by atoms with Gasteiger partial charge in [-0.1, -0.05) is 46.9 Å². The van der Waals surface area contributed by atoms with Gasteiger partial charge < -0.3 is 0 Å². The summed E-state index contributed by atoms with van der Waals surface area (Å²) in [7, 11) is 0. The zero-order chi connectivity index (χ0) is 18.5. The summed E-state index contributed by atoms with van der Waals surface area (Å²) in [6.07, 6.45) is 0. The molecule has 0 saturated heterocycles. The highest BCUT2D eigenvalue weighted by Gasteiger charge is 2.01. The Bertz CT molecular complexity index is 963. The summed E-state index contributed by atoms with van der Waals surface area (Å²) in [5.41, 5.74) is 6.12. The van der Waals surface area contributed by atoms with Gasteiger partial charge in [-0.05, 0) is 85.6 Å². The van der Waals surface area contributed by atoms with Crippen LogP contribution in [0.1, 0.15) is 33.4 Å². The highest BCUT2D eigenvalue weighted by Crippen LogP contribution is 2.16. The fraction of sp³-hybridized carbons (Fsp3) is 0.0833. The first kappa shape index (κ1) is 18.2. The Hall–Kier alpha value is -2.64. The van der Waals surface area contributed by atoms with E-state index in [1.807, 2.05) is 48.5 Å². The van der Waals surface area contributed by atoms with Gasteiger partial charge in [0.15, 0.2) is 0 Å². The molecule has 0 heterocycles. The molecule has 0 radical (unpaired) electrons. The van der Waals surface area contributed by atoms with Gasteiger partial charge in [-0.3, -0.25) is 0 Å². The number of hydrogen-bond donors (Lipinski definition) is 0. The molecule has 0 saturated carbocycles. The number of halogens is 2. The number of benzene rings is 3. The van der Waals surface area contributed by atoms with Crippen LogP contribution in [0.25, 0.3) is 0 Å². The molecule has 0 aromatic heterocycles. The maximum atomic E-state index is 5.91. The van der Waals surface area contributed by atoms with Crippen molar-refractivity contribution in [1.82, 2.24) is 0 Å². The Morgan fingerprint density at radius 2 is 0.885 bits per heavy atom. The molecule has 3 aromatic rings. The van der Waals surface area contributed by atoms with E-state index < -0.39 is 0 Å². The second-order valence-electron chi connectivity index (χ2n) is 6.00. The lowest BCUT2D eigenvalue weighted by molar-refractivity contribution is 1.35. The first-order valence-electron chi connectivity index (χ1n) is 8.18. The third kappa shape index (κ3) is 4.71. The van der Waals surface area contributed by atoms with Crippen LogP contribution in [0.15, 0.2) is 60.7 Å². The van der Waals surface area contributed by atoms with Crippen LogP contribution in [0.2, 0.25) is 10.0 Å². The van der Waals surface area contributed by atoms with E-state index in [-0.39, 0.29) is 0 Å². The summed E-state index contributed by atoms with van der Waals surface area (Å²) in [5.74, 6) is 12.8. The van der Waals surface area contributed by atoms with Crippen LogP contribution in [-0.2, 0) is 0 Å². The van der Waals surface area contributed by atoms with E-state index in [4.69, 9.17) is 23.2 Å². The minimum absolute atomic E-state index is 0.714. The lowest BCUT2D eigenvalue weighted by atomic mass is 10.00. The molecule has 3 rings (SSSR count). The second kappa shape index (κ2) is 8.16. The van der Waals surface area contributed by atoms with Gasteiger partial charge in [-0.15, -0.1) is 0 Å². The van der Waals surface area contributed by atoms with E-state index in [0.29, 0.717) is 10.0 Å². The zero-order valence-corrected chi connectivity index (χ0v) is 16.0. The lowest BCUT2D eigenvalue weighted by Crippen LogP contribution is -1.90.